The molecule has 1 aliphatic rings. The summed E-state index contributed by atoms with van der Waals surface area (Å²) in [5.74, 6) is -0.0278. The molecule has 82 valence electrons. The van der Waals surface area contributed by atoms with Crippen LogP contribution in [0.4, 0.5) is 0 Å². The van der Waals surface area contributed by atoms with Crippen molar-refractivity contribution in [1.29, 1.82) is 0 Å². The van der Waals surface area contributed by atoms with E-state index in [0.717, 1.165) is 4.88 Å². The number of nitrogens with one attached hydrogen (secondary N) is 2. The monoisotopic (exact) mass is 226 g/mol. The van der Waals surface area contributed by atoms with E-state index < -0.39 is 0 Å². The van der Waals surface area contributed by atoms with Crippen molar-refractivity contribution in [3.8, 4) is 0 Å². The summed E-state index contributed by atoms with van der Waals surface area (Å²) < 4.78 is 0. The van der Waals surface area contributed by atoms with Gasteiger partial charge in [0.1, 0.15) is 0 Å². The largest absolute Gasteiger partial charge is 0.392 e. The van der Waals surface area contributed by atoms with Gasteiger partial charge in [0.15, 0.2) is 0 Å². The Labute approximate surface area is 92.3 Å². The first kappa shape index (κ1) is 10.6. The van der Waals surface area contributed by atoms with Gasteiger partial charge in [-0.3, -0.25) is 4.79 Å². The summed E-state index contributed by atoms with van der Waals surface area (Å²) in [5, 5.41) is 17.1. The summed E-state index contributed by atoms with van der Waals surface area (Å²) in [6.07, 6.45) is 0.124. The molecule has 1 aromatic heterocycles. The topological polar surface area (TPSA) is 61.4 Å². The SMILES string of the molecule is O=C(NCc1cccs1)[C@H]1C[C@H](O)CN1. The van der Waals surface area contributed by atoms with Crippen LogP contribution in [0.1, 0.15) is 11.3 Å². The van der Waals surface area contributed by atoms with Crippen LogP contribution in [-0.2, 0) is 11.3 Å². The highest BCUT2D eigenvalue weighted by molar-refractivity contribution is 7.09. The summed E-state index contributed by atoms with van der Waals surface area (Å²) in [7, 11) is 0. The van der Waals surface area contributed by atoms with Gasteiger partial charge in [-0.15, -0.1) is 11.3 Å². The Balaban J connectivity index is 1.78. The predicted octanol–water partition coefficient (Wildman–Crippen LogP) is 0.0871. The first-order chi connectivity index (χ1) is 7.25. The van der Waals surface area contributed by atoms with Crippen LogP contribution in [0.3, 0.4) is 0 Å². The maximum absolute atomic E-state index is 11.6. The molecule has 4 nitrogen and oxygen atoms in total. The minimum Gasteiger partial charge on any atom is -0.392 e. The predicted molar refractivity (Wildman–Crippen MR) is 58.6 cm³/mol. The molecule has 3 N–H and O–H groups in total. The molecule has 2 rings (SSSR count). The minimum atomic E-state index is -0.387. The molecule has 2 atom stereocenters. The van der Waals surface area contributed by atoms with Crippen LogP contribution in [0.2, 0.25) is 0 Å². The van der Waals surface area contributed by atoms with Crippen molar-refractivity contribution in [3.63, 3.8) is 0 Å². The lowest BCUT2D eigenvalue weighted by atomic mass is 10.2. The smallest absolute Gasteiger partial charge is 0.237 e. The highest BCUT2D eigenvalue weighted by Gasteiger charge is 2.27. The van der Waals surface area contributed by atoms with Gasteiger partial charge in [0.2, 0.25) is 5.91 Å². The zero-order chi connectivity index (χ0) is 10.7. The Morgan fingerprint density at radius 3 is 3.20 bits per heavy atom. The second kappa shape index (κ2) is 4.74. The van der Waals surface area contributed by atoms with Crippen LogP contribution in [0.25, 0.3) is 0 Å². The minimum absolute atomic E-state index is 0.0278. The molecule has 0 unspecified atom stereocenters. The average Bonchev–Trinajstić information content (AvgIpc) is 2.84. The number of rotatable bonds is 3. The molecule has 5 heteroatoms. The van der Waals surface area contributed by atoms with Crippen LogP contribution in [0.5, 0.6) is 0 Å². The van der Waals surface area contributed by atoms with E-state index in [9.17, 15) is 9.90 Å². The lowest BCUT2D eigenvalue weighted by Gasteiger charge is -2.09. The molecule has 1 amide bonds. The van der Waals surface area contributed by atoms with Gasteiger partial charge in [-0.1, -0.05) is 6.07 Å². The molecular weight excluding hydrogens is 212 g/mol. The van der Waals surface area contributed by atoms with E-state index in [1.165, 1.54) is 0 Å². The van der Waals surface area contributed by atoms with Gasteiger partial charge in [-0.25, -0.2) is 0 Å². The van der Waals surface area contributed by atoms with E-state index in [1.807, 2.05) is 17.5 Å². The quantitative estimate of drug-likeness (QED) is 0.684. The number of aliphatic hydroxyl groups excluding tert-OH is 1. The van der Waals surface area contributed by atoms with Gasteiger partial charge in [-0.2, -0.15) is 0 Å². The lowest BCUT2D eigenvalue weighted by Crippen LogP contribution is -2.39. The molecule has 2 heterocycles. The molecule has 0 bridgehead atoms. The van der Waals surface area contributed by atoms with Gasteiger partial charge in [0.05, 0.1) is 18.7 Å². The molecule has 0 radical (unpaired) electrons. The fraction of sp³-hybridized carbons (Fsp3) is 0.500. The second-order valence-corrected chi connectivity index (χ2v) is 4.68. The summed E-state index contributed by atoms with van der Waals surface area (Å²) in [5.41, 5.74) is 0. The number of amides is 1. The van der Waals surface area contributed by atoms with Gasteiger partial charge in [-0.05, 0) is 17.9 Å². The Kier molecular flexibility index (Phi) is 3.35. The van der Waals surface area contributed by atoms with Crippen molar-refractivity contribution < 1.29 is 9.90 Å². The molecule has 1 aliphatic heterocycles. The molecule has 0 spiro atoms. The molecule has 15 heavy (non-hydrogen) atoms. The van der Waals surface area contributed by atoms with Gasteiger partial charge in [0.25, 0.3) is 0 Å². The normalized spacial score (nSPS) is 25.4. The maximum atomic E-state index is 11.6. The van der Waals surface area contributed by atoms with Crippen LogP contribution in [-0.4, -0.2) is 29.7 Å². The number of hydrogen-bond acceptors (Lipinski definition) is 4. The Hall–Kier alpha value is -0.910. The van der Waals surface area contributed by atoms with Crippen LogP contribution in [0, 0.1) is 0 Å². The molecular formula is C10H14N2O2S. The third kappa shape index (κ3) is 2.77. The van der Waals surface area contributed by atoms with Crippen molar-refractivity contribution >= 4 is 17.2 Å². The van der Waals surface area contributed by atoms with E-state index in [-0.39, 0.29) is 18.1 Å². The second-order valence-electron chi connectivity index (χ2n) is 3.65. The third-order valence-electron chi connectivity index (χ3n) is 2.44. The first-order valence-corrected chi connectivity index (χ1v) is 5.85. The van der Waals surface area contributed by atoms with Crippen molar-refractivity contribution in [2.75, 3.05) is 6.54 Å². The molecule has 1 aromatic rings. The van der Waals surface area contributed by atoms with E-state index >= 15 is 0 Å². The van der Waals surface area contributed by atoms with Crippen molar-refractivity contribution in [2.45, 2.75) is 25.1 Å². The van der Waals surface area contributed by atoms with E-state index in [0.29, 0.717) is 19.5 Å². The Morgan fingerprint density at radius 1 is 1.73 bits per heavy atom. The standard InChI is InChI=1S/C10H14N2O2S/c13-7-4-9(11-5-7)10(14)12-6-8-2-1-3-15-8/h1-3,7,9,11,13H,4-6H2,(H,12,14)/t7-,9+/m0/s1. The zero-order valence-corrected chi connectivity index (χ0v) is 9.09. The highest BCUT2D eigenvalue weighted by atomic mass is 32.1. The van der Waals surface area contributed by atoms with E-state index in [2.05, 4.69) is 10.6 Å². The third-order valence-corrected chi connectivity index (χ3v) is 3.32. The fourth-order valence-electron chi connectivity index (χ4n) is 1.63. The number of aliphatic hydroxyl groups is 1. The van der Waals surface area contributed by atoms with Crippen LogP contribution < -0.4 is 10.6 Å². The van der Waals surface area contributed by atoms with Crippen LogP contribution >= 0.6 is 11.3 Å². The average molecular weight is 226 g/mol. The number of carbonyl (C=O) groups is 1. The number of carbonyl (C=O) groups excluding carboxylic acids is 1. The number of thiophene rings is 1. The van der Waals surface area contributed by atoms with Gasteiger partial charge < -0.3 is 15.7 Å². The molecule has 1 saturated heterocycles. The summed E-state index contributed by atoms with van der Waals surface area (Å²) in [6, 6.07) is 3.71. The van der Waals surface area contributed by atoms with Crippen molar-refractivity contribution in [2.24, 2.45) is 0 Å². The molecule has 0 aromatic carbocycles. The molecule has 0 aliphatic carbocycles. The van der Waals surface area contributed by atoms with Gasteiger partial charge >= 0.3 is 0 Å². The first-order valence-electron chi connectivity index (χ1n) is 4.97. The summed E-state index contributed by atoms with van der Waals surface area (Å²) >= 11 is 1.62. The van der Waals surface area contributed by atoms with Gasteiger partial charge in [0, 0.05) is 11.4 Å². The summed E-state index contributed by atoms with van der Waals surface area (Å²) in [4.78, 5) is 12.7. The zero-order valence-electron chi connectivity index (χ0n) is 8.27. The van der Waals surface area contributed by atoms with Crippen molar-refractivity contribution in [3.05, 3.63) is 22.4 Å². The molecule has 0 saturated carbocycles. The highest BCUT2D eigenvalue weighted by Crippen LogP contribution is 2.09. The fourth-order valence-corrected chi connectivity index (χ4v) is 2.27. The Bertz CT molecular complexity index is 326. The van der Waals surface area contributed by atoms with Crippen molar-refractivity contribution in [1.82, 2.24) is 10.6 Å². The molecule has 1 fully saturated rings. The Morgan fingerprint density at radius 2 is 2.60 bits per heavy atom. The van der Waals surface area contributed by atoms with Crippen LogP contribution in [0.15, 0.2) is 17.5 Å². The number of β-amino-alcohol motifs (C(OH)–C–C–N with tert-alkyl or cyclic N) is 1. The van der Waals surface area contributed by atoms with E-state index in [4.69, 9.17) is 0 Å². The number of hydrogen-bond donors (Lipinski definition) is 3. The van der Waals surface area contributed by atoms with E-state index in [1.54, 1.807) is 11.3 Å². The lowest BCUT2D eigenvalue weighted by molar-refractivity contribution is -0.123. The maximum Gasteiger partial charge on any atom is 0.237 e. The summed E-state index contributed by atoms with van der Waals surface area (Å²) in [6.45, 7) is 1.09.